The quantitative estimate of drug-likeness (QED) is 0.632. The summed E-state index contributed by atoms with van der Waals surface area (Å²) in [4.78, 5) is 7.26. The lowest BCUT2D eigenvalue weighted by Crippen LogP contribution is -2.56. The van der Waals surface area contributed by atoms with Crippen LogP contribution in [0.25, 0.3) is 0 Å². The average molecular weight is 426 g/mol. The SMILES string of the molecule is CN(C)CCNC1CCC2(CC1)Nc1ccccc1NC2=NCc1cccc(Cl)c1. The maximum absolute atomic E-state index is 6.17. The van der Waals surface area contributed by atoms with Gasteiger partial charge in [0.1, 0.15) is 5.84 Å². The summed E-state index contributed by atoms with van der Waals surface area (Å²) in [5.74, 6) is 1.05. The first-order chi connectivity index (χ1) is 14.5. The molecule has 0 bridgehead atoms. The first-order valence-corrected chi connectivity index (χ1v) is 11.2. The smallest absolute Gasteiger partial charge is 0.127 e. The Bertz CT molecular complexity index is 887. The van der Waals surface area contributed by atoms with Crippen molar-refractivity contribution in [3.8, 4) is 0 Å². The number of hydrogen-bond acceptors (Lipinski definition) is 4. The molecule has 2 aromatic rings. The molecule has 0 atom stereocenters. The molecule has 1 saturated carbocycles. The van der Waals surface area contributed by atoms with Gasteiger partial charge in [-0.15, -0.1) is 0 Å². The van der Waals surface area contributed by atoms with Crippen LogP contribution in [0.4, 0.5) is 11.4 Å². The van der Waals surface area contributed by atoms with Crippen molar-refractivity contribution in [3.05, 3.63) is 59.1 Å². The van der Waals surface area contributed by atoms with E-state index < -0.39 is 0 Å². The third-order valence-corrected chi connectivity index (χ3v) is 6.38. The van der Waals surface area contributed by atoms with Gasteiger partial charge in [0.2, 0.25) is 0 Å². The highest BCUT2D eigenvalue weighted by atomic mass is 35.5. The van der Waals surface area contributed by atoms with Crippen molar-refractivity contribution in [2.75, 3.05) is 37.8 Å². The zero-order valence-corrected chi connectivity index (χ0v) is 18.7. The minimum atomic E-state index is -0.132. The standard InChI is InChI=1S/C24H32ClN5/c1-30(2)15-14-26-20-10-12-24(13-11-20)23(27-17-18-6-5-7-19(25)16-18)28-21-8-3-4-9-22(21)29-24/h3-9,16,20,26,29H,10-15,17H2,1-2H3,(H,27,28). The lowest BCUT2D eigenvalue weighted by Gasteiger charge is -2.46. The van der Waals surface area contributed by atoms with E-state index in [1.807, 2.05) is 18.2 Å². The Balaban J connectivity index is 1.51. The Hall–Kier alpha value is -2.08. The Morgan fingerprint density at radius 1 is 1.10 bits per heavy atom. The van der Waals surface area contributed by atoms with E-state index in [0.29, 0.717) is 12.6 Å². The predicted molar refractivity (Wildman–Crippen MR) is 128 cm³/mol. The summed E-state index contributed by atoms with van der Waals surface area (Å²) in [5.41, 5.74) is 3.26. The number of nitrogens with one attached hydrogen (secondary N) is 3. The fraction of sp³-hybridized carbons (Fsp3) is 0.458. The van der Waals surface area contributed by atoms with Gasteiger partial charge in [0, 0.05) is 24.2 Å². The monoisotopic (exact) mass is 425 g/mol. The van der Waals surface area contributed by atoms with E-state index in [2.05, 4.69) is 65.3 Å². The number of fused-ring (bicyclic) bond motifs is 1. The molecular formula is C24H32ClN5. The molecule has 2 aliphatic rings. The molecule has 0 radical (unpaired) electrons. The molecule has 0 aromatic heterocycles. The summed E-state index contributed by atoms with van der Waals surface area (Å²) in [6.07, 6.45) is 4.39. The van der Waals surface area contributed by atoms with Gasteiger partial charge in [0.05, 0.1) is 23.5 Å². The van der Waals surface area contributed by atoms with Crippen LogP contribution >= 0.6 is 11.6 Å². The van der Waals surface area contributed by atoms with Crippen LogP contribution in [0.3, 0.4) is 0 Å². The zero-order valence-electron chi connectivity index (χ0n) is 17.9. The molecule has 4 rings (SSSR count). The second-order valence-electron chi connectivity index (χ2n) is 8.70. The summed E-state index contributed by atoms with van der Waals surface area (Å²) < 4.78 is 0. The summed E-state index contributed by atoms with van der Waals surface area (Å²) >= 11 is 6.17. The van der Waals surface area contributed by atoms with E-state index in [-0.39, 0.29) is 5.54 Å². The molecule has 0 saturated heterocycles. The number of nitrogens with zero attached hydrogens (tertiary/aromatic N) is 2. The van der Waals surface area contributed by atoms with E-state index in [9.17, 15) is 0 Å². The zero-order chi connectivity index (χ0) is 21.0. The minimum Gasteiger partial charge on any atom is -0.371 e. The summed E-state index contributed by atoms with van der Waals surface area (Å²) in [5, 5.41) is 12.0. The third-order valence-electron chi connectivity index (χ3n) is 6.15. The van der Waals surface area contributed by atoms with Gasteiger partial charge < -0.3 is 20.9 Å². The van der Waals surface area contributed by atoms with Crippen molar-refractivity contribution >= 4 is 28.8 Å². The van der Waals surface area contributed by atoms with Gasteiger partial charge in [0.15, 0.2) is 0 Å². The van der Waals surface area contributed by atoms with Gasteiger partial charge in [-0.05, 0) is 69.6 Å². The average Bonchev–Trinajstić information content (AvgIpc) is 2.73. The number of likely N-dealkylation sites (N-methyl/N-ethyl adjacent to an activating group) is 1. The highest BCUT2D eigenvalue weighted by Gasteiger charge is 2.42. The van der Waals surface area contributed by atoms with Crippen LogP contribution < -0.4 is 16.0 Å². The molecule has 0 unspecified atom stereocenters. The van der Waals surface area contributed by atoms with Crippen molar-refractivity contribution in [2.24, 2.45) is 4.99 Å². The van der Waals surface area contributed by atoms with Crippen LogP contribution in [-0.4, -0.2) is 49.5 Å². The topological polar surface area (TPSA) is 51.7 Å². The molecule has 1 fully saturated rings. The third kappa shape index (κ3) is 4.97. The van der Waals surface area contributed by atoms with Crippen molar-refractivity contribution < 1.29 is 0 Å². The number of amidine groups is 1. The van der Waals surface area contributed by atoms with Crippen LogP contribution in [0, 0.1) is 0 Å². The highest BCUT2D eigenvalue weighted by molar-refractivity contribution is 6.30. The summed E-state index contributed by atoms with van der Waals surface area (Å²) in [6, 6.07) is 16.9. The first kappa shape index (κ1) is 21.2. The highest BCUT2D eigenvalue weighted by Crippen LogP contribution is 2.39. The van der Waals surface area contributed by atoms with Crippen LogP contribution in [0.2, 0.25) is 5.02 Å². The fourth-order valence-electron chi connectivity index (χ4n) is 4.43. The molecule has 5 nitrogen and oxygen atoms in total. The Morgan fingerprint density at radius 3 is 2.60 bits per heavy atom. The molecule has 3 N–H and O–H groups in total. The fourth-order valence-corrected chi connectivity index (χ4v) is 4.64. The van der Waals surface area contributed by atoms with Crippen molar-refractivity contribution in [2.45, 2.75) is 43.8 Å². The van der Waals surface area contributed by atoms with Crippen molar-refractivity contribution in [1.29, 1.82) is 0 Å². The van der Waals surface area contributed by atoms with Gasteiger partial charge in [-0.1, -0.05) is 35.9 Å². The second-order valence-corrected chi connectivity index (χ2v) is 9.14. The predicted octanol–water partition coefficient (Wildman–Crippen LogP) is 4.61. The Kier molecular flexibility index (Phi) is 6.61. The van der Waals surface area contributed by atoms with Gasteiger partial charge >= 0.3 is 0 Å². The number of aliphatic imine (C=N–C) groups is 1. The van der Waals surface area contributed by atoms with E-state index in [4.69, 9.17) is 16.6 Å². The van der Waals surface area contributed by atoms with Gasteiger partial charge in [-0.2, -0.15) is 0 Å². The Morgan fingerprint density at radius 2 is 1.87 bits per heavy atom. The molecule has 1 aliphatic heterocycles. The number of rotatable bonds is 6. The molecule has 1 spiro atoms. The largest absolute Gasteiger partial charge is 0.371 e. The molecule has 2 aromatic carbocycles. The van der Waals surface area contributed by atoms with Crippen LogP contribution in [-0.2, 0) is 6.54 Å². The Labute approximate surface area is 184 Å². The van der Waals surface area contributed by atoms with E-state index in [1.54, 1.807) is 0 Å². The van der Waals surface area contributed by atoms with Gasteiger partial charge in [-0.25, -0.2) is 0 Å². The lowest BCUT2D eigenvalue weighted by atomic mass is 9.77. The van der Waals surface area contributed by atoms with E-state index >= 15 is 0 Å². The number of anilines is 2. The molecule has 6 heteroatoms. The number of para-hydroxylation sites is 2. The minimum absolute atomic E-state index is 0.132. The lowest BCUT2D eigenvalue weighted by molar-refractivity contribution is 0.305. The second kappa shape index (κ2) is 9.38. The summed E-state index contributed by atoms with van der Waals surface area (Å²) in [6.45, 7) is 2.73. The molecule has 1 aliphatic carbocycles. The first-order valence-electron chi connectivity index (χ1n) is 10.9. The van der Waals surface area contributed by atoms with E-state index in [1.165, 1.54) is 5.69 Å². The number of hydrogen-bond donors (Lipinski definition) is 3. The van der Waals surface area contributed by atoms with Crippen molar-refractivity contribution in [3.63, 3.8) is 0 Å². The van der Waals surface area contributed by atoms with Crippen LogP contribution in [0.1, 0.15) is 31.2 Å². The maximum atomic E-state index is 6.17. The molecule has 1 heterocycles. The molecule has 30 heavy (non-hydrogen) atoms. The van der Waals surface area contributed by atoms with E-state index in [0.717, 1.165) is 60.9 Å². The summed E-state index contributed by atoms with van der Waals surface area (Å²) in [7, 11) is 4.24. The van der Waals surface area contributed by atoms with Gasteiger partial charge in [-0.3, -0.25) is 4.99 Å². The molecule has 0 amide bonds. The van der Waals surface area contributed by atoms with Crippen LogP contribution in [0.5, 0.6) is 0 Å². The van der Waals surface area contributed by atoms with Crippen LogP contribution in [0.15, 0.2) is 53.5 Å². The number of halogens is 1. The molecular weight excluding hydrogens is 394 g/mol. The molecule has 160 valence electrons. The normalized spacial score (nSPS) is 24.5. The number of benzene rings is 2. The van der Waals surface area contributed by atoms with Gasteiger partial charge in [0.25, 0.3) is 0 Å². The maximum Gasteiger partial charge on any atom is 0.127 e. The van der Waals surface area contributed by atoms with Crippen molar-refractivity contribution in [1.82, 2.24) is 10.2 Å².